The molecule has 0 saturated heterocycles. The Kier molecular flexibility index (Phi) is 7.17. The van der Waals surface area contributed by atoms with Crippen LogP contribution in [0.25, 0.3) is 11.8 Å². The standard InChI is InChI=1S/C28H28N2O4S/c1-6-34-28(32)25-26(31)24(35-27(25)29-21-10-12-23(33-5)13-11-21)16-20-15-18(3)30(19(20)4)22-9-7-8-17(2)14-22/h7-16,31H,6H2,1-5H3. The number of aliphatic hydroxyl groups is 1. The molecule has 3 aromatic rings. The van der Waals surface area contributed by atoms with Gasteiger partial charge in [0.1, 0.15) is 22.1 Å². The second-order valence-electron chi connectivity index (χ2n) is 8.17. The SMILES string of the molecule is CCOC(=O)C1=C(O)C(=Cc2cc(C)n(-c3cccc(C)c3)c2C)SC1=Nc1ccc(OC)cc1. The number of methoxy groups -OCH3 is 1. The number of aliphatic hydroxyl groups excluding tert-OH is 1. The number of aryl methyl sites for hydroxylation is 2. The number of rotatable bonds is 6. The molecule has 0 amide bonds. The third kappa shape index (κ3) is 5.05. The van der Waals surface area contributed by atoms with Crippen LogP contribution in [0.2, 0.25) is 0 Å². The summed E-state index contributed by atoms with van der Waals surface area (Å²) in [5.41, 5.74) is 6.04. The zero-order valence-electron chi connectivity index (χ0n) is 20.5. The van der Waals surface area contributed by atoms with Crippen molar-refractivity contribution in [2.24, 2.45) is 4.99 Å². The number of thioether (sulfide) groups is 1. The Morgan fingerprint density at radius 3 is 2.51 bits per heavy atom. The molecular weight excluding hydrogens is 460 g/mol. The first-order chi connectivity index (χ1) is 16.8. The van der Waals surface area contributed by atoms with Crippen molar-refractivity contribution in [2.45, 2.75) is 27.7 Å². The molecule has 0 spiro atoms. The van der Waals surface area contributed by atoms with Crippen molar-refractivity contribution in [3.63, 3.8) is 0 Å². The van der Waals surface area contributed by atoms with E-state index in [4.69, 9.17) is 9.47 Å². The zero-order valence-corrected chi connectivity index (χ0v) is 21.3. The van der Waals surface area contributed by atoms with Crippen LogP contribution in [-0.2, 0) is 9.53 Å². The zero-order chi connectivity index (χ0) is 25.1. The molecule has 0 saturated carbocycles. The monoisotopic (exact) mass is 488 g/mol. The van der Waals surface area contributed by atoms with E-state index < -0.39 is 5.97 Å². The highest BCUT2D eigenvalue weighted by Crippen LogP contribution is 2.41. The van der Waals surface area contributed by atoms with E-state index in [1.807, 2.05) is 19.1 Å². The molecule has 4 rings (SSSR count). The minimum absolute atomic E-state index is 0.0754. The van der Waals surface area contributed by atoms with Crippen molar-refractivity contribution >= 4 is 34.5 Å². The van der Waals surface area contributed by atoms with Crippen LogP contribution >= 0.6 is 11.8 Å². The maximum atomic E-state index is 12.7. The number of aromatic nitrogens is 1. The number of hydrogen-bond donors (Lipinski definition) is 1. The van der Waals surface area contributed by atoms with Gasteiger partial charge in [-0.3, -0.25) is 0 Å². The smallest absolute Gasteiger partial charge is 0.344 e. The molecule has 2 aromatic carbocycles. The van der Waals surface area contributed by atoms with Crippen molar-refractivity contribution in [3.05, 3.63) is 93.3 Å². The average molecular weight is 489 g/mol. The molecule has 1 aliphatic heterocycles. The van der Waals surface area contributed by atoms with Gasteiger partial charge in [0.25, 0.3) is 0 Å². The summed E-state index contributed by atoms with van der Waals surface area (Å²) in [5.74, 6) is -0.0129. The first kappa shape index (κ1) is 24.4. The van der Waals surface area contributed by atoms with E-state index in [2.05, 4.69) is 47.7 Å². The van der Waals surface area contributed by atoms with Crippen molar-refractivity contribution in [2.75, 3.05) is 13.7 Å². The number of carbonyl (C=O) groups is 1. The Balaban J connectivity index is 1.76. The van der Waals surface area contributed by atoms with E-state index in [0.29, 0.717) is 21.4 Å². The summed E-state index contributed by atoms with van der Waals surface area (Å²) in [4.78, 5) is 17.9. The Labute approximate surface area is 209 Å². The molecule has 0 unspecified atom stereocenters. The molecule has 7 heteroatoms. The van der Waals surface area contributed by atoms with Crippen LogP contribution < -0.4 is 4.74 Å². The minimum atomic E-state index is -0.599. The highest BCUT2D eigenvalue weighted by Gasteiger charge is 2.33. The van der Waals surface area contributed by atoms with E-state index in [-0.39, 0.29) is 17.9 Å². The first-order valence-electron chi connectivity index (χ1n) is 11.3. The van der Waals surface area contributed by atoms with E-state index in [1.165, 1.54) is 17.3 Å². The fourth-order valence-corrected chi connectivity index (χ4v) is 5.03. The lowest BCUT2D eigenvalue weighted by Crippen LogP contribution is -2.12. The third-order valence-corrected chi connectivity index (χ3v) is 6.71. The summed E-state index contributed by atoms with van der Waals surface area (Å²) in [7, 11) is 1.60. The molecule has 0 bridgehead atoms. The molecule has 1 aromatic heterocycles. The largest absolute Gasteiger partial charge is 0.506 e. The van der Waals surface area contributed by atoms with Crippen LogP contribution in [0, 0.1) is 20.8 Å². The maximum absolute atomic E-state index is 12.7. The van der Waals surface area contributed by atoms with Crippen LogP contribution in [0.3, 0.4) is 0 Å². The van der Waals surface area contributed by atoms with E-state index in [9.17, 15) is 9.90 Å². The summed E-state index contributed by atoms with van der Waals surface area (Å²) in [5, 5.41) is 11.4. The van der Waals surface area contributed by atoms with Crippen LogP contribution in [0.4, 0.5) is 5.69 Å². The third-order valence-electron chi connectivity index (χ3n) is 5.69. The van der Waals surface area contributed by atoms with E-state index in [0.717, 1.165) is 22.6 Å². The van der Waals surface area contributed by atoms with Gasteiger partial charge >= 0.3 is 5.97 Å². The fraction of sp³-hybridized carbons (Fsp3) is 0.214. The van der Waals surface area contributed by atoms with Gasteiger partial charge in [-0.25, -0.2) is 9.79 Å². The number of ether oxygens (including phenoxy) is 2. The van der Waals surface area contributed by atoms with Crippen LogP contribution in [-0.4, -0.2) is 34.4 Å². The van der Waals surface area contributed by atoms with Gasteiger partial charge in [-0.15, -0.1) is 0 Å². The molecule has 1 N–H and O–H groups in total. The number of benzene rings is 2. The fourth-order valence-electron chi connectivity index (χ4n) is 4.01. The highest BCUT2D eigenvalue weighted by atomic mass is 32.2. The number of aliphatic imine (C=N–C) groups is 1. The van der Waals surface area contributed by atoms with Crippen molar-refractivity contribution in [3.8, 4) is 11.4 Å². The second-order valence-corrected chi connectivity index (χ2v) is 9.20. The molecule has 1 aliphatic rings. The Bertz CT molecular complexity index is 1360. The molecule has 0 aliphatic carbocycles. The number of esters is 1. The lowest BCUT2D eigenvalue weighted by Gasteiger charge is -2.10. The highest BCUT2D eigenvalue weighted by molar-refractivity contribution is 8.18. The lowest BCUT2D eigenvalue weighted by atomic mass is 10.1. The number of hydrogen-bond acceptors (Lipinski definition) is 6. The van der Waals surface area contributed by atoms with Crippen LogP contribution in [0.15, 0.2) is 75.8 Å². The van der Waals surface area contributed by atoms with Crippen molar-refractivity contribution in [1.29, 1.82) is 0 Å². The first-order valence-corrected chi connectivity index (χ1v) is 12.1. The molecule has 35 heavy (non-hydrogen) atoms. The summed E-state index contributed by atoms with van der Waals surface area (Å²) in [6.45, 7) is 8.09. The van der Waals surface area contributed by atoms with Gasteiger partial charge in [0.2, 0.25) is 0 Å². The van der Waals surface area contributed by atoms with Gasteiger partial charge in [0.05, 0.1) is 24.3 Å². The summed E-state index contributed by atoms with van der Waals surface area (Å²) in [6, 6.07) is 17.6. The molecule has 0 fully saturated rings. The molecule has 0 atom stereocenters. The van der Waals surface area contributed by atoms with Gasteiger partial charge in [0.15, 0.2) is 0 Å². The minimum Gasteiger partial charge on any atom is -0.506 e. The number of nitrogens with zero attached hydrogens (tertiary/aromatic N) is 2. The number of carbonyl (C=O) groups excluding carboxylic acids is 1. The lowest BCUT2D eigenvalue weighted by molar-refractivity contribution is -0.138. The van der Waals surface area contributed by atoms with E-state index >= 15 is 0 Å². The maximum Gasteiger partial charge on any atom is 0.344 e. The molecule has 180 valence electrons. The Hall–Kier alpha value is -3.71. The van der Waals surface area contributed by atoms with Gasteiger partial charge < -0.3 is 19.1 Å². The van der Waals surface area contributed by atoms with Crippen LogP contribution in [0.5, 0.6) is 5.75 Å². The van der Waals surface area contributed by atoms with Crippen molar-refractivity contribution < 1.29 is 19.4 Å². The Morgan fingerprint density at radius 1 is 1.11 bits per heavy atom. The predicted octanol–water partition coefficient (Wildman–Crippen LogP) is 6.60. The summed E-state index contributed by atoms with van der Waals surface area (Å²) >= 11 is 1.25. The van der Waals surface area contributed by atoms with Gasteiger partial charge in [-0.05, 0) is 87.4 Å². The topological polar surface area (TPSA) is 73.0 Å². The van der Waals surface area contributed by atoms with Gasteiger partial charge in [-0.2, -0.15) is 0 Å². The average Bonchev–Trinajstić information content (AvgIpc) is 3.29. The summed E-state index contributed by atoms with van der Waals surface area (Å²) in [6.07, 6.45) is 1.89. The quantitative estimate of drug-likeness (QED) is 0.396. The van der Waals surface area contributed by atoms with E-state index in [1.54, 1.807) is 38.3 Å². The molecular formula is C28H28N2O4S. The normalized spacial score (nSPS) is 15.8. The predicted molar refractivity (Wildman–Crippen MR) is 142 cm³/mol. The van der Waals surface area contributed by atoms with Crippen molar-refractivity contribution in [1.82, 2.24) is 4.57 Å². The molecule has 2 heterocycles. The molecule has 0 radical (unpaired) electrons. The van der Waals surface area contributed by atoms with Gasteiger partial charge in [0, 0.05) is 17.1 Å². The van der Waals surface area contributed by atoms with Gasteiger partial charge in [-0.1, -0.05) is 23.9 Å². The Morgan fingerprint density at radius 2 is 1.86 bits per heavy atom. The summed E-state index contributed by atoms with van der Waals surface area (Å²) < 4.78 is 12.6. The molecule has 6 nitrogen and oxygen atoms in total. The van der Waals surface area contributed by atoms with Crippen LogP contribution in [0.1, 0.15) is 29.4 Å². The second kappa shape index (κ2) is 10.3.